The van der Waals surface area contributed by atoms with E-state index in [2.05, 4.69) is 0 Å². The number of rotatable bonds is 15. The van der Waals surface area contributed by atoms with E-state index >= 15 is 0 Å². The zero-order valence-electron chi connectivity index (χ0n) is 20.7. The van der Waals surface area contributed by atoms with Crippen molar-refractivity contribution in [3.05, 3.63) is 0 Å². The van der Waals surface area contributed by atoms with E-state index in [0.29, 0.717) is 0 Å². The highest BCUT2D eigenvalue weighted by Crippen LogP contribution is 2.14. The van der Waals surface area contributed by atoms with E-state index in [9.17, 15) is 19.2 Å². The maximum atomic E-state index is 12.4. The highest BCUT2D eigenvalue weighted by molar-refractivity contribution is 5.80. The Morgan fingerprint density at radius 1 is 0.500 bits per heavy atom. The molecule has 10 nitrogen and oxygen atoms in total. The molecule has 0 saturated heterocycles. The number of carbonyl (C=O) groups excluding carboxylic acids is 4. The van der Waals surface area contributed by atoms with Gasteiger partial charge in [-0.15, -0.1) is 0 Å². The van der Waals surface area contributed by atoms with E-state index in [0.717, 1.165) is 0 Å². The first-order valence-corrected chi connectivity index (χ1v) is 11.2. The lowest BCUT2D eigenvalue weighted by Crippen LogP contribution is -2.55. The Labute approximate surface area is 191 Å². The first-order valence-electron chi connectivity index (χ1n) is 11.2. The summed E-state index contributed by atoms with van der Waals surface area (Å²) in [6, 6.07) is -2.97. The molecule has 0 radical (unpaired) electrons. The van der Waals surface area contributed by atoms with Gasteiger partial charge in [-0.25, -0.2) is 0 Å². The second-order valence-corrected chi connectivity index (χ2v) is 7.19. The van der Waals surface area contributed by atoms with E-state index in [1.165, 1.54) is 0 Å². The summed E-state index contributed by atoms with van der Waals surface area (Å²) in [5.41, 5.74) is 0. The van der Waals surface area contributed by atoms with Crippen molar-refractivity contribution in [2.24, 2.45) is 0 Å². The minimum atomic E-state index is -0.744. The summed E-state index contributed by atoms with van der Waals surface area (Å²) in [7, 11) is 0. The second kappa shape index (κ2) is 15.6. The lowest BCUT2D eigenvalue weighted by atomic mass is 10.1. The van der Waals surface area contributed by atoms with Gasteiger partial charge in [0, 0.05) is 13.1 Å². The lowest BCUT2D eigenvalue weighted by molar-refractivity contribution is -0.160. The van der Waals surface area contributed by atoms with Crippen molar-refractivity contribution >= 4 is 23.9 Å². The molecule has 4 atom stereocenters. The van der Waals surface area contributed by atoms with Crippen LogP contribution in [0.2, 0.25) is 0 Å². The maximum Gasteiger partial charge on any atom is 0.323 e. The van der Waals surface area contributed by atoms with E-state index in [1.807, 2.05) is 0 Å². The highest BCUT2D eigenvalue weighted by Gasteiger charge is 2.35. The summed E-state index contributed by atoms with van der Waals surface area (Å²) in [5.74, 6) is -1.92. The van der Waals surface area contributed by atoms with Crippen LogP contribution in [-0.4, -0.2) is 97.4 Å². The average Bonchev–Trinajstić information content (AvgIpc) is 2.75. The number of nitrogens with zero attached hydrogens (tertiary/aromatic N) is 2. The van der Waals surface area contributed by atoms with E-state index in [-0.39, 0.29) is 39.5 Å². The molecule has 0 fully saturated rings. The largest absolute Gasteiger partial charge is 0.465 e. The first kappa shape index (κ1) is 29.8. The van der Waals surface area contributed by atoms with Crippen LogP contribution in [0.25, 0.3) is 0 Å². The van der Waals surface area contributed by atoms with Gasteiger partial charge in [-0.2, -0.15) is 0 Å². The fourth-order valence-corrected chi connectivity index (χ4v) is 3.27. The standard InChI is InChI=1S/C22H40N2O8/c1-9-29-19(25)15(5)23(16(6)20(26)30-10-2)13-14-24(17(7)21(27)31-11-3)18(8)22(28)32-12-4/h15-18H,9-14H2,1-8H3/t15-,16-,17-,18+/m0/s1. The second-order valence-electron chi connectivity index (χ2n) is 7.19. The molecule has 0 aromatic carbocycles. The van der Waals surface area contributed by atoms with Crippen molar-refractivity contribution in [3.8, 4) is 0 Å². The van der Waals surface area contributed by atoms with Gasteiger partial charge in [0.25, 0.3) is 0 Å². The van der Waals surface area contributed by atoms with Crippen LogP contribution in [-0.2, 0) is 38.1 Å². The average molecular weight is 461 g/mol. The summed E-state index contributed by atoms with van der Waals surface area (Å²) in [5, 5.41) is 0. The summed E-state index contributed by atoms with van der Waals surface area (Å²) in [6.07, 6.45) is 0. The topological polar surface area (TPSA) is 112 Å². The number of hydrogen-bond donors (Lipinski definition) is 0. The van der Waals surface area contributed by atoms with Gasteiger partial charge in [0.15, 0.2) is 0 Å². The van der Waals surface area contributed by atoms with Crippen molar-refractivity contribution in [2.45, 2.75) is 79.6 Å². The summed E-state index contributed by atoms with van der Waals surface area (Å²) < 4.78 is 20.5. The van der Waals surface area contributed by atoms with Crippen molar-refractivity contribution in [1.29, 1.82) is 0 Å². The van der Waals surface area contributed by atoms with Gasteiger partial charge < -0.3 is 18.9 Å². The minimum Gasteiger partial charge on any atom is -0.465 e. The zero-order valence-corrected chi connectivity index (χ0v) is 20.7. The molecule has 0 saturated carbocycles. The molecule has 0 aliphatic rings. The SMILES string of the molecule is CCOC(=O)[C@@H](C)N(CCN([C@@H](C)C(=O)OCC)[C@@H](C)C(=O)OCC)[C@@H](C)C(=O)OCC. The van der Waals surface area contributed by atoms with Crippen LogP contribution in [0.1, 0.15) is 55.4 Å². The monoisotopic (exact) mass is 460 g/mol. The zero-order chi connectivity index (χ0) is 24.8. The smallest absolute Gasteiger partial charge is 0.323 e. The Morgan fingerprint density at radius 2 is 0.688 bits per heavy atom. The van der Waals surface area contributed by atoms with Crippen LogP contribution in [0.3, 0.4) is 0 Å². The molecule has 0 unspecified atom stereocenters. The number of carbonyl (C=O) groups is 4. The van der Waals surface area contributed by atoms with E-state index in [1.54, 1.807) is 65.2 Å². The van der Waals surface area contributed by atoms with Crippen molar-refractivity contribution in [1.82, 2.24) is 9.80 Å². The van der Waals surface area contributed by atoms with Crippen LogP contribution >= 0.6 is 0 Å². The molecule has 0 rings (SSSR count). The number of ether oxygens (including phenoxy) is 4. The maximum absolute atomic E-state index is 12.4. The molecule has 0 aliphatic carbocycles. The number of esters is 4. The number of hydrogen-bond acceptors (Lipinski definition) is 10. The van der Waals surface area contributed by atoms with Crippen LogP contribution in [0.4, 0.5) is 0 Å². The van der Waals surface area contributed by atoms with Gasteiger partial charge in [-0.1, -0.05) is 0 Å². The van der Waals surface area contributed by atoms with Crippen molar-refractivity contribution in [2.75, 3.05) is 39.5 Å². The molecule has 0 aromatic rings. The quantitative estimate of drug-likeness (QED) is 0.262. The third-order valence-corrected chi connectivity index (χ3v) is 5.12. The summed E-state index contributed by atoms with van der Waals surface area (Å²) in [4.78, 5) is 52.8. The third kappa shape index (κ3) is 9.12. The predicted molar refractivity (Wildman–Crippen MR) is 118 cm³/mol. The fraction of sp³-hybridized carbons (Fsp3) is 0.818. The van der Waals surface area contributed by atoms with E-state index in [4.69, 9.17) is 18.9 Å². The molecular formula is C22H40N2O8. The fourth-order valence-electron chi connectivity index (χ4n) is 3.27. The van der Waals surface area contributed by atoms with Gasteiger partial charge in [0.1, 0.15) is 24.2 Å². The molecule has 0 spiro atoms. The van der Waals surface area contributed by atoms with Crippen molar-refractivity contribution in [3.63, 3.8) is 0 Å². The first-order chi connectivity index (χ1) is 15.1. The molecule has 0 aliphatic heterocycles. The Hall–Kier alpha value is -2.20. The Morgan fingerprint density at radius 3 is 0.844 bits per heavy atom. The molecule has 0 aromatic heterocycles. The van der Waals surface area contributed by atoms with Crippen LogP contribution in [0.15, 0.2) is 0 Å². The van der Waals surface area contributed by atoms with Gasteiger partial charge >= 0.3 is 23.9 Å². The minimum absolute atomic E-state index is 0.188. The van der Waals surface area contributed by atoms with Gasteiger partial charge in [-0.05, 0) is 55.4 Å². The summed E-state index contributed by atoms with van der Waals surface area (Å²) >= 11 is 0. The Balaban J connectivity index is 5.79. The molecule has 32 heavy (non-hydrogen) atoms. The molecule has 0 N–H and O–H groups in total. The molecule has 0 bridgehead atoms. The van der Waals surface area contributed by atoms with Crippen molar-refractivity contribution < 1.29 is 38.1 Å². The molecular weight excluding hydrogens is 420 g/mol. The molecule has 186 valence electrons. The lowest BCUT2D eigenvalue weighted by Gasteiger charge is -2.36. The normalized spacial score (nSPS) is 14.9. The Bertz CT molecular complexity index is 513. The molecule has 10 heteroatoms. The van der Waals surface area contributed by atoms with E-state index < -0.39 is 48.0 Å². The summed E-state index contributed by atoms with van der Waals surface area (Å²) in [6.45, 7) is 14.6. The van der Waals surface area contributed by atoms with Gasteiger partial charge in [-0.3, -0.25) is 29.0 Å². The molecule has 0 amide bonds. The predicted octanol–water partition coefficient (Wildman–Crippen LogP) is 1.40. The van der Waals surface area contributed by atoms with Crippen LogP contribution in [0, 0.1) is 0 Å². The van der Waals surface area contributed by atoms with Crippen LogP contribution in [0.5, 0.6) is 0 Å². The third-order valence-electron chi connectivity index (χ3n) is 5.12. The van der Waals surface area contributed by atoms with Crippen LogP contribution < -0.4 is 0 Å². The van der Waals surface area contributed by atoms with Gasteiger partial charge in [0.05, 0.1) is 26.4 Å². The van der Waals surface area contributed by atoms with Gasteiger partial charge in [0.2, 0.25) is 0 Å². The molecule has 0 heterocycles. The Kier molecular flexibility index (Phi) is 14.5. The highest BCUT2D eigenvalue weighted by atomic mass is 16.5.